The molecule has 0 N–H and O–H groups in total. The molecule has 100 valence electrons. The maximum Gasteiger partial charge on any atom is 0.236 e. The van der Waals surface area contributed by atoms with Crippen molar-refractivity contribution in [2.24, 2.45) is 0 Å². The average Bonchev–Trinajstić information content (AvgIpc) is 3.12. The summed E-state index contributed by atoms with van der Waals surface area (Å²) in [5.74, 6) is 0. The van der Waals surface area contributed by atoms with Gasteiger partial charge in [0.1, 0.15) is 6.10 Å². The first kappa shape index (κ1) is 13.5. The molecule has 2 heterocycles. The fourth-order valence-electron chi connectivity index (χ4n) is 2.13. The Morgan fingerprint density at radius 3 is 3.00 bits per heavy atom. The lowest BCUT2D eigenvalue weighted by molar-refractivity contribution is -0.215. The minimum atomic E-state index is -1.56. The molecule has 2 atom stereocenters. The molecule has 2 unspecified atom stereocenters. The second kappa shape index (κ2) is 6.85. The van der Waals surface area contributed by atoms with E-state index >= 15 is 0 Å². The smallest absolute Gasteiger partial charge is 0.236 e. The predicted octanol–water partition coefficient (Wildman–Crippen LogP) is 2.50. The van der Waals surface area contributed by atoms with Gasteiger partial charge in [-0.05, 0) is 31.5 Å². The Morgan fingerprint density at radius 2 is 2.18 bits per heavy atom. The van der Waals surface area contributed by atoms with Gasteiger partial charge in [0.05, 0.1) is 19.8 Å². The van der Waals surface area contributed by atoms with Gasteiger partial charge < -0.3 is 9.47 Å². The molecule has 0 spiro atoms. The van der Waals surface area contributed by atoms with Gasteiger partial charge in [0.15, 0.2) is 0 Å². The third kappa shape index (κ3) is 5.48. The number of rotatable bonds is 7. The van der Waals surface area contributed by atoms with E-state index in [1.54, 1.807) is 0 Å². The zero-order valence-corrected chi connectivity index (χ0v) is 11.8. The molecule has 5 heteroatoms. The summed E-state index contributed by atoms with van der Waals surface area (Å²) in [6.45, 7) is 5.57. The number of epoxide rings is 1. The quantitative estimate of drug-likeness (QED) is 0.305. The van der Waals surface area contributed by atoms with Crippen LogP contribution in [0.25, 0.3) is 0 Å². The van der Waals surface area contributed by atoms with Gasteiger partial charge in [-0.1, -0.05) is 12.8 Å². The molecule has 2 aliphatic heterocycles. The minimum absolute atomic E-state index is 0.389. The summed E-state index contributed by atoms with van der Waals surface area (Å²) in [7, 11) is -1.56. The van der Waals surface area contributed by atoms with Crippen LogP contribution in [0.3, 0.4) is 0 Å². The number of ether oxygens (including phenoxy) is 2. The molecule has 0 aromatic rings. The van der Waals surface area contributed by atoms with Crippen LogP contribution in [-0.4, -0.2) is 40.8 Å². The average molecular weight is 260 g/mol. The van der Waals surface area contributed by atoms with E-state index in [1.807, 2.05) is 0 Å². The Morgan fingerprint density at radius 1 is 1.29 bits per heavy atom. The summed E-state index contributed by atoms with van der Waals surface area (Å²) in [5, 5.41) is 0. The molecule has 2 rings (SSSR count). The second-order valence-electron chi connectivity index (χ2n) is 5.30. The van der Waals surface area contributed by atoms with Crippen molar-refractivity contribution in [3.8, 4) is 0 Å². The van der Waals surface area contributed by atoms with Gasteiger partial charge in [-0.25, -0.2) is 4.89 Å². The summed E-state index contributed by atoms with van der Waals surface area (Å²) < 4.78 is 16.2. The molecule has 2 aliphatic rings. The summed E-state index contributed by atoms with van der Waals surface area (Å²) in [6, 6.07) is 2.43. The molecule has 17 heavy (non-hydrogen) atoms. The molecule has 0 radical (unpaired) electrons. The maximum atomic E-state index is 5.62. The van der Waals surface area contributed by atoms with Crippen LogP contribution >= 0.6 is 0 Å². The van der Waals surface area contributed by atoms with Crippen molar-refractivity contribution in [3.05, 3.63) is 0 Å². The highest BCUT2D eigenvalue weighted by Crippen LogP contribution is 2.25. The summed E-state index contributed by atoms with van der Waals surface area (Å²) >= 11 is 0. The SMILES string of the molecule is C[Si]1(CCCCOCC2CO2)CCCCOO1. The largest absolute Gasteiger partial charge is 0.379 e. The molecule has 4 nitrogen and oxygen atoms in total. The van der Waals surface area contributed by atoms with Crippen molar-refractivity contribution >= 4 is 8.32 Å². The molecule has 0 aromatic carbocycles. The highest BCUT2D eigenvalue weighted by molar-refractivity contribution is 6.72. The molecule has 2 fully saturated rings. The molecule has 2 saturated heterocycles. The minimum Gasteiger partial charge on any atom is -0.379 e. The molecule has 0 aromatic heterocycles. The van der Waals surface area contributed by atoms with E-state index in [0.29, 0.717) is 6.10 Å². The van der Waals surface area contributed by atoms with Crippen LogP contribution in [0.15, 0.2) is 0 Å². The predicted molar refractivity (Wildman–Crippen MR) is 67.3 cm³/mol. The number of hydrogen-bond donors (Lipinski definition) is 0. The normalized spacial score (nSPS) is 33.4. The van der Waals surface area contributed by atoms with E-state index in [4.69, 9.17) is 18.9 Å². The Kier molecular flexibility index (Phi) is 5.43. The summed E-state index contributed by atoms with van der Waals surface area (Å²) in [4.78, 5) is 5.24. The van der Waals surface area contributed by atoms with Crippen molar-refractivity contribution in [3.63, 3.8) is 0 Å². The van der Waals surface area contributed by atoms with Gasteiger partial charge in [0, 0.05) is 6.61 Å². The first-order valence-electron chi connectivity index (χ1n) is 6.78. The van der Waals surface area contributed by atoms with Gasteiger partial charge in [-0.15, -0.1) is 0 Å². The third-order valence-electron chi connectivity index (χ3n) is 3.39. The van der Waals surface area contributed by atoms with E-state index in [2.05, 4.69) is 6.55 Å². The Balaban J connectivity index is 1.50. The lowest BCUT2D eigenvalue weighted by atomic mass is 10.3. The van der Waals surface area contributed by atoms with Gasteiger partial charge in [-0.2, -0.15) is 0 Å². The fraction of sp³-hybridized carbons (Fsp3) is 1.00. The highest BCUT2D eigenvalue weighted by Gasteiger charge is 2.31. The lowest BCUT2D eigenvalue weighted by Crippen LogP contribution is -2.33. The van der Waals surface area contributed by atoms with E-state index in [9.17, 15) is 0 Å². The molecular formula is C12H24O4Si. The van der Waals surface area contributed by atoms with Crippen LogP contribution in [0.2, 0.25) is 18.6 Å². The summed E-state index contributed by atoms with van der Waals surface area (Å²) in [6.07, 6.45) is 5.11. The standard InChI is InChI=1S/C12H24O4Si/c1-17(9-5-3-7-15-16-17)8-4-2-6-13-10-12-11-14-12/h12H,2-11H2,1H3. The van der Waals surface area contributed by atoms with Gasteiger partial charge in [-0.3, -0.25) is 4.58 Å². The molecular weight excluding hydrogens is 236 g/mol. The zero-order chi connectivity index (χ0) is 12.0. The Labute approximate surface area is 105 Å². The first-order chi connectivity index (χ1) is 8.29. The van der Waals surface area contributed by atoms with Crippen molar-refractivity contribution in [2.75, 3.05) is 26.4 Å². The number of hydrogen-bond acceptors (Lipinski definition) is 4. The molecule has 0 saturated carbocycles. The van der Waals surface area contributed by atoms with Gasteiger partial charge >= 0.3 is 0 Å². The van der Waals surface area contributed by atoms with Crippen LogP contribution in [0.4, 0.5) is 0 Å². The molecule has 0 bridgehead atoms. The van der Waals surface area contributed by atoms with E-state index in [1.165, 1.54) is 24.9 Å². The van der Waals surface area contributed by atoms with Crippen LogP contribution in [-0.2, 0) is 18.9 Å². The van der Waals surface area contributed by atoms with Crippen LogP contribution in [0.1, 0.15) is 25.7 Å². The van der Waals surface area contributed by atoms with Gasteiger partial charge in [0.25, 0.3) is 0 Å². The van der Waals surface area contributed by atoms with Crippen LogP contribution < -0.4 is 0 Å². The topological polar surface area (TPSA) is 40.2 Å². The third-order valence-corrected chi connectivity index (χ3v) is 6.74. The van der Waals surface area contributed by atoms with E-state index in [-0.39, 0.29) is 0 Å². The fourth-order valence-corrected chi connectivity index (χ4v) is 4.91. The Bertz CT molecular complexity index is 213. The monoisotopic (exact) mass is 260 g/mol. The first-order valence-corrected chi connectivity index (χ1v) is 9.61. The number of unbranched alkanes of at least 4 members (excludes halogenated alkanes) is 1. The van der Waals surface area contributed by atoms with Crippen LogP contribution in [0.5, 0.6) is 0 Å². The summed E-state index contributed by atoms with van der Waals surface area (Å²) in [5.41, 5.74) is 0. The van der Waals surface area contributed by atoms with Crippen molar-refractivity contribution in [2.45, 2.75) is 50.4 Å². The molecule has 0 aliphatic carbocycles. The zero-order valence-electron chi connectivity index (χ0n) is 10.8. The Hall–Kier alpha value is 0.0569. The lowest BCUT2D eigenvalue weighted by Gasteiger charge is -2.22. The second-order valence-corrected chi connectivity index (χ2v) is 9.37. The molecule has 0 amide bonds. The van der Waals surface area contributed by atoms with Crippen molar-refractivity contribution in [1.82, 2.24) is 0 Å². The van der Waals surface area contributed by atoms with E-state index in [0.717, 1.165) is 39.3 Å². The highest BCUT2D eigenvalue weighted by atomic mass is 28.4. The maximum absolute atomic E-state index is 5.62. The van der Waals surface area contributed by atoms with Crippen molar-refractivity contribution in [1.29, 1.82) is 0 Å². The van der Waals surface area contributed by atoms with E-state index < -0.39 is 8.32 Å². The van der Waals surface area contributed by atoms with Gasteiger partial charge in [0.2, 0.25) is 8.32 Å². The van der Waals surface area contributed by atoms with Crippen molar-refractivity contribution < 1.29 is 18.9 Å². The van der Waals surface area contributed by atoms with Crippen LogP contribution in [0, 0.1) is 0 Å².